The van der Waals surface area contributed by atoms with Crippen LogP contribution >= 0.6 is 67.8 Å². The number of nitrogens with zero attached hydrogens (tertiary/aromatic N) is 1. The molecule has 0 aliphatic carbocycles. The third-order valence-corrected chi connectivity index (χ3v) is 4.99. The number of aromatic hydroxyl groups is 1. The predicted octanol–water partition coefficient (Wildman–Crippen LogP) is 5.27. The molecule has 0 aromatic heterocycles. The Kier molecular flexibility index (Phi) is 5.68. The molecular weight excluding hydrogens is 591 g/mol. The van der Waals surface area contributed by atoms with Crippen LogP contribution in [0.4, 0.5) is 0 Å². The minimum absolute atomic E-state index is 0.288. The van der Waals surface area contributed by atoms with Crippen molar-refractivity contribution in [3.63, 3.8) is 0 Å². The van der Waals surface area contributed by atoms with E-state index < -0.39 is 0 Å². The summed E-state index contributed by atoms with van der Waals surface area (Å²) in [6.45, 7) is 0. The highest BCUT2D eigenvalue weighted by Crippen LogP contribution is 2.29. The maximum atomic E-state index is 9.77. The molecule has 0 spiro atoms. The Labute approximate surface area is 158 Å². The smallest absolute Gasteiger partial charge is 0.142 e. The Hall–Kier alpha value is -0.340. The Balaban J connectivity index is 2.47. The van der Waals surface area contributed by atoms with Gasteiger partial charge in [0.1, 0.15) is 5.75 Å². The van der Waals surface area contributed by atoms with Gasteiger partial charge in [0.25, 0.3) is 0 Å². The van der Waals surface area contributed by atoms with Crippen molar-refractivity contribution in [1.82, 2.24) is 0 Å². The first-order valence-electron chi connectivity index (χ1n) is 5.57. The van der Waals surface area contributed by atoms with Crippen molar-refractivity contribution in [2.75, 3.05) is 0 Å². The molecule has 0 atom stereocenters. The third-order valence-electron chi connectivity index (χ3n) is 2.63. The van der Waals surface area contributed by atoms with Gasteiger partial charge in [-0.1, -0.05) is 12.1 Å². The van der Waals surface area contributed by atoms with Gasteiger partial charge in [-0.25, -0.2) is 0 Å². The Bertz CT molecular complexity index is 692. The van der Waals surface area contributed by atoms with Gasteiger partial charge in [-0.3, -0.25) is 0 Å². The molecule has 2 nitrogen and oxygen atoms in total. The third kappa shape index (κ3) is 3.85. The number of halogens is 3. The highest BCUT2D eigenvalue weighted by Gasteiger charge is 2.06. The van der Waals surface area contributed by atoms with Crippen molar-refractivity contribution in [2.24, 2.45) is 0 Å². The normalized spacial score (nSPS) is 11.2. The minimum Gasteiger partial charge on any atom is -0.506 e. The topological polar surface area (TPSA) is 44.0 Å². The zero-order valence-corrected chi connectivity index (χ0v) is 16.5. The minimum atomic E-state index is 0.288. The number of rotatable bonds is 2. The average molecular weight is 599 g/mol. The molecule has 1 N–H and O–H groups in total. The zero-order chi connectivity index (χ0) is 14.7. The fourth-order valence-corrected chi connectivity index (χ4v) is 3.82. The zero-order valence-electron chi connectivity index (χ0n) is 10.1. The molecular formula is C15H8I3NO. The first kappa shape index (κ1) is 16.0. The summed E-state index contributed by atoms with van der Waals surface area (Å²) < 4.78 is 2.69. The van der Waals surface area contributed by atoms with E-state index in [0.717, 1.165) is 21.8 Å². The number of hydrogen-bond acceptors (Lipinski definition) is 2. The van der Waals surface area contributed by atoms with E-state index in [4.69, 9.17) is 0 Å². The first-order valence-corrected chi connectivity index (χ1v) is 8.80. The molecule has 0 saturated heterocycles. The Morgan fingerprint density at radius 1 is 1.05 bits per heavy atom. The lowest BCUT2D eigenvalue weighted by Crippen LogP contribution is -1.86. The summed E-state index contributed by atoms with van der Waals surface area (Å²) in [5.74, 6) is 0.288. The van der Waals surface area contributed by atoms with Crippen molar-refractivity contribution in [1.29, 1.82) is 5.26 Å². The lowest BCUT2D eigenvalue weighted by molar-refractivity contribution is 0.467. The Morgan fingerprint density at radius 2 is 1.60 bits per heavy atom. The second-order valence-electron chi connectivity index (χ2n) is 4.01. The molecule has 0 amide bonds. The molecule has 100 valence electrons. The van der Waals surface area contributed by atoms with Gasteiger partial charge in [-0.15, -0.1) is 0 Å². The molecule has 2 rings (SSSR count). The van der Waals surface area contributed by atoms with Gasteiger partial charge in [0.05, 0.1) is 18.8 Å². The number of nitriles is 1. The van der Waals surface area contributed by atoms with Crippen LogP contribution in [0, 0.1) is 22.0 Å². The van der Waals surface area contributed by atoms with Crippen molar-refractivity contribution in [3.05, 3.63) is 58.2 Å². The highest BCUT2D eigenvalue weighted by molar-refractivity contribution is 14.1. The van der Waals surface area contributed by atoms with Crippen LogP contribution in [0.2, 0.25) is 0 Å². The molecule has 0 bridgehead atoms. The second kappa shape index (κ2) is 7.09. The van der Waals surface area contributed by atoms with Gasteiger partial charge in [0.15, 0.2) is 0 Å². The maximum Gasteiger partial charge on any atom is 0.142 e. The predicted molar refractivity (Wildman–Crippen MR) is 106 cm³/mol. The van der Waals surface area contributed by atoms with Gasteiger partial charge in [0.2, 0.25) is 0 Å². The SMILES string of the molecule is N#C/C(=C/c1cc(I)c(O)c(I)c1)c1ccc(I)cc1. The van der Waals surface area contributed by atoms with Crippen LogP contribution in [0.15, 0.2) is 36.4 Å². The second-order valence-corrected chi connectivity index (χ2v) is 7.58. The number of phenols is 1. The summed E-state index contributed by atoms with van der Waals surface area (Å²) in [6.07, 6.45) is 1.84. The van der Waals surface area contributed by atoms with Gasteiger partial charge < -0.3 is 5.11 Å². The fourth-order valence-electron chi connectivity index (χ4n) is 1.64. The summed E-state index contributed by atoms with van der Waals surface area (Å²) in [7, 11) is 0. The van der Waals surface area contributed by atoms with Gasteiger partial charge in [-0.2, -0.15) is 5.26 Å². The summed E-state index contributed by atoms with van der Waals surface area (Å²) in [6, 6.07) is 13.8. The molecule has 0 fully saturated rings. The summed E-state index contributed by atoms with van der Waals surface area (Å²) in [5.41, 5.74) is 2.41. The van der Waals surface area contributed by atoms with Crippen LogP contribution in [0.1, 0.15) is 11.1 Å². The van der Waals surface area contributed by atoms with E-state index in [-0.39, 0.29) is 5.75 Å². The average Bonchev–Trinajstić information content (AvgIpc) is 2.43. The first-order chi connectivity index (χ1) is 9.51. The van der Waals surface area contributed by atoms with Crippen molar-refractivity contribution < 1.29 is 5.11 Å². The van der Waals surface area contributed by atoms with E-state index in [0.29, 0.717) is 5.57 Å². The molecule has 5 heteroatoms. The summed E-state index contributed by atoms with van der Waals surface area (Å²) in [4.78, 5) is 0. The molecule has 0 unspecified atom stereocenters. The fraction of sp³-hybridized carbons (Fsp3) is 0. The molecule has 20 heavy (non-hydrogen) atoms. The number of phenolic OH excluding ortho intramolecular Hbond substituents is 1. The van der Waals surface area contributed by atoms with Crippen LogP contribution < -0.4 is 0 Å². The number of allylic oxidation sites excluding steroid dienone is 1. The van der Waals surface area contributed by atoms with Gasteiger partial charge >= 0.3 is 0 Å². The van der Waals surface area contributed by atoms with Gasteiger partial charge in [-0.05, 0) is 109 Å². The van der Waals surface area contributed by atoms with Crippen LogP contribution in [0.3, 0.4) is 0 Å². The Morgan fingerprint density at radius 3 is 2.10 bits per heavy atom. The van der Waals surface area contributed by atoms with Crippen LogP contribution in [-0.2, 0) is 0 Å². The van der Waals surface area contributed by atoms with Crippen LogP contribution in [-0.4, -0.2) is 5.11 Å². The van der Waals surface area contributed by atoms with Crippen LogP contribution in [0.25, 0.3) is 11.6 Å². The van der Waals surface area contributed by atoms with E-state index in [1.54, 1.807) is 0 Å². The number of benzene rings is 2. The van der Waals surface area contributed by atoms with E-state index in [1.165, 1.54) is 0 Å². The largest absolute Gasteiger partial charge is 0.506 e. The molecule has 0 heterocycles. The van der Waals surface area contributed by atoms with E-state index >= 15 is 0 Å². The monoisotopic (exact) mass is 599 g/mol. The lowest BCUT2D eigenvalue weighted by atomic mass is 10.0. The highest BCUT2D eigenvalue weighted by atomic mass is 127. The molecule has 2 aromatic carbocycles. The molecule has 0 aliphatic heterocycles. The standard InChI is InChI=1S/C15H8I3NO/c16-12-3-1-10(2-4-12)11(8-19)5-9-6-13(17)15(20)14(18)7-9/h1-7,20H/b11-5-. The van der Waals surface area contributed by atoms with E-state index in [1.807, 2.05) is 42.5 Å². The number of hydrogen-bond donors (Lipinski definition) is 1. The molecule has 2 aromatic rings. The van der Waals surface area contributed by atoms with E-state index in [9.17, 15) is 10.4 Å². The molecule has 0 radical (unpaired) electrons. The lowest BCUT2D eigenvalue weighted by Gasteiger charge is -2.04. The van der Waals surface area contributed by atoms with Crippen molar-refractivity contribution >= 4 is 79.4 Å². The quantitative estimate of drug-likeness (QED) is 0.291. The summed E-state index contributed by atoms with van der Waals surface area (Å²) >= 11 is 6.41. The van der Waals surface area contributed by atoms with Gasteiger partial charge in [0, 0.05) is 3.57 Å². The van der Waals surface area contributed by atoms with E-state index in [2.05, 4.69) is 73.8 Å². The van der Waals surface area contributed by atoms with Crippen molar-refractivity contribution in [2.45, 2.75) is 0 Å². The van der Waals surface area contributed by atoms with Crippen LogP contribution in [0.5, 0.6) is 5.75 Å². The molecule has 0 aliphatic rings. The van der Waals surface area contributed by atoms with Crippen molar-refractivity contribution in [3.8, 4) is 11.8 Å². The maximum absolute atomic E-state index is 9.77. The summed E-state index contributed by atoms with van der Waals surface area (Å²) in [5, 5.41) is 19.1. The molecule has 0 saturated carbocycles.